The van der Waals surface area contributed by atoms with Crippen LogP contribution < -0.4 is 20.1 Å². The first-order valence-electron chi connectivity index (χ1n) is 9.72. The SMILES string of the molecule is COc1cc(OC)c(NC(=O)CSc2cccc(NC(=O)c3ccc(C)cc3)c2)cc1Cl. The van der Waals surface area contributed by atoms with Gasteiger partial charge in [0.25, 0.3) is 5.91 Å². The van der Waals surface area contributed by atoms with Crippen molar-refractivity contribution in [3.05, 3.63) is 76.8 Å². The van der Waals surface area contributed by atoms with Crippen molar-refractivity contribution < 1.29 is 19.1 Å². The van der Waals surface area contributed by atoms with Crippen LogP contribution in [-0.2, 0) is 4.79 Å². The molecule has 0 heterocycles. The average molecular weight is 471 g/mol. The van der Waals surface area contributed by atoms with Gasteiger partial charge in [0.1, 0.15) is 11.5 Å². The Balaban J connectivity index is 1.60. The van der Waals surface area contributed by atoms with Crippen molar-refractivity contribution in [2.75, 3.05) is 30.6 Å². The Morgan fingerprint density at radius 3 is 2.34 bits per heavy atom. The lowest BCUT2D eigenvalue weighted by Gasteiger charge is -2.13. The Kier molecular flexibility index (Phi) is 8.03. The number of methoxy groups -OCH3 is 2. The first-order chi connectivity index (χ1) is 15.4. The van der Waals surface area contributed by atoms with Crippen molar-refractivity contribution in [2.45, 2.75) is 11.8 Å². The predicted octanol–water partition coefficient (Wildman–Crippen LogP) is 5.65. The molecule has 0 radical (unpaired) electrons. The molecule has 166 valence electrons. The summed E-state index contributed by atoms with van der Waals surface area (Å²) in [6.45, 7) is 1.97. The van der Waals surface area contributed by atoms with Crippen LogP contribution in [-0.4, -0.2) is 31.8 Å². The molecule has 0 atom stereocenters. The summed E-state index contributed by atoms with van der Waals surface area (Å²) >= 11 is 7.50. The van der Waals surface area contributed by atoms with E-state index in [9.17, 15) is 9.59 Å². The molecular formula is C24H23ClN2O4S. The van der Waals surface area contributed by atoms with E-state index in [0.717, 1.165) is 10.5 Å². The van der Waals surface area contributed by atoms with E-state index in [0.29, 0.717) is 33.5 Å². The number of anilines is 2. The average Bonchev–Trinajstić information content (AvgIpc) is 2.78. The summed E-state index contributed by atoms with van der Waals surface area (Å²) in [6, 6.07) is 17.9. The fourth-order valence-corrected chi connectivity index (χ4v) is 3.86. The van der Waals surface area contributed by atoms with Crippen molar-refractivity contribution >= 4 is 46.6 Å². The topological polar surface area (TPSA) is 76.7 Å². The van der Waals surface area contributed by atoms with Gasteiger partial charge in [-0.1, -0.05) is 35.4 Å². The lowest BCUT2D eigenvalue weighted by Crippen LogP contribution is -2.15. The number of carbonyl (C=O) groups is 2. The minimum atomic E-state index is -0.219. The molecule has 0 aliphatic heterocycles. The van der Waals surface area contributed by atoms with Crippen molar-refractivity contribution in [2.24, 2.45) is 0 Å². The fourth-order valence-electron chi connectivity index (χ4n) is 2.86. The maximum Gasteiger partial charge on any atom is 0.255 e. The number of thioether (sulfide) groups is 1. The van der Waals surface area contributed by atoms with Crippen LogP contribution >= 0.6 is 23.4 Å². The van der Waals surface area contributed by atoms with E-state index in [-0.39, 0.29) is 17.6 Å². The molecule has 32 heavy (non-hydrogen) atoms. The van der Waals surface area contributed by atoms with E-state index in [4.69, 9.17) is 21.1 Å². The summed E-state index contributed by atoms with van der Waals surface area (Å²) in [7, 11) is 3.01. The molecule has 0 bridgehead atoms. The normalized spacial score (nSPS) is 10.4. The van der Waals surface area contributed by atoms with Gasteiger partial charge in [-0.15, -0.1) is 11.8 Å². The predicted molar refractivity (Wildman–Crippen MR) is 129 cm³/mol. The van der Waals surface area contributed by atoms with Crippen LogP contribution in [0.3, 0.4) is 0 Å². The summed E-state index contributed by atoms with van der Waals surface area (Å²) in [5.74, 6) is 0.671. The molecule has 0 fully saturated rings. The van der Waals surface area contributed by atoms with Crippen LogP contribution in [0.5, 0.6) is 11.5 Å². The van der Waals surface area contributed by atoms with Crippen LogP contribution in [0.25, 0.3) is 0 Å². The highest BCUT2D eigenvalue weighted by Crippen LogP contribution is 2.36. The Bertz CT molecular complexity index is 1120. The number of nitrogens with one attached hydrogen (secondary N) is 2. The molecule has 2 N–H and O–H groups in total. The molecule has 3 rings (SSSR count). The number of hydrogen-bond donors (Lipinski definition) is 2. The maximum absolute atomic E-state index is 12.5. The highest BCUT2D eigenvalue weighted by molar-refractivity contribution is 8.00. The van der Waals surface area contributed by atoms with Crippen molar-refractivity contribution in [3.63, 3.8) is 0 Å². The van der Waals surface area contributed by atoms with Crippen LogP contribution in [0.1, 0.15) is 15.9 Å². The molecule has 8 heteroatoms. The first kappa shape index (κ1) is 23.5. The van der Waals surface area contributed by atoms with Crippen molar-refractivity contribution in [3.8, 4) is 11.5 Å². The van der Waals surface area contributed by atoms with E-state index >= 15 is 0 Å². The summed E-state index contributed by atoms with van der Waals surface area (Å²) in [6.07, 6.45) is 0. The summed E-state index contributed by atoms with van der Waals surface area (Å²) < 4.78 is 10.5. The molecular weight excluding hydrogens is 448 g/mol. The van der Waals surface area contributed by atoms with Crippen molar-refractivity contribution in [1.82, 2.24) is 0 Å². The lowest BCUT2D eigenvalue weighted by molar-refractivity contribution is -0.113. The van der Waals surface area contributed by atoms with E-state index < -0.39 is 0 Å². The number of halogens is 1. The molecule has 0 spiro atoms. The zero-order valence-corrected chi connectivity index (χ0v) is 19.5. The van der Waals surface area contributed by atoms with Crippen LogP contribution in [0, 0.1) is 6.92 Å². The van der Waals surface area contributed by atoms with Gasteiger partial charge in [0, 0.05) is 22.2 Å². The Labute approximate surface area is 196 Å². The van der Waals surface area contributed by atoms with Gasteiger partial charge in [-0.05, 0) is 43.3 Å². The van der Waals surface area contributed by atoms with Gasteiger partial charge in [-0.25, -0.2) is 0 Å². The van der Waals surface area contributed by atoms with Crippen molar-refractivity contribution in [1.29, 1.82) is 0 Å². The lowest BCUT2D eigenvalue weighted by atomic mass is 10.1. The fraction of sp³-hybridized carbons (Fsp3) is 0.167. The highest BCUT2D eigenvalue weighted by atomic mass is 35.5. The summed E-state index contributed by atoms with van der Waals surface area (Å²) in [5, 5.41) is 6.05. The molecule has 0 saturated heterocycles. The largest absolute Gasteiger partial charge is 0.495 e. The van der Waals surface area contributed by atoms with Gasteiger partial charge >= 0.3 is 0 Å². The van der Waals surface area contributed by atoms with E-state index in [2.05, 4.69) is 10.6 Å². The molecule has 6 nitrogen and oxygen atoms in total. The number of hydrogen-bond acceptors (Lipinski definition) is 5. The Morgan fingerprint density at radius 1 is 0.938 bits per heavy atom. The Hall–Kier alpha value is -3.16. The van der Waals surface area contributed by atoms with Gasteiger partial charge in [-0.2, -0.15) is 0 Å². The van der Waals surface area contributed by atoms with Crippen LogP contribution in [0.2, 0.25) is 5.02 Å². The molecule has 0 saturated carbocycles. The third-order valence-corrected chi connectivity index (χ3v) is 5.81. The second kappa shape index (κ2) is 10.9. The second-order valence-electron chi connectivity index (χ2n) is 6.87. The number of amides is 2. The number of aryl methyl sites for hydroxylation is 1. The maximum atomic E-state index is 12.5. The van der Waals surface area contributed by atoms with Gasteiger partial charge < -0.3 is 20.1 Å². The number of ether oxygens (including phenoxy) is 2. The molecule has 0 aromatic heterocycles. The third kappa shape index (κ3) is 6.18. The molecule has 3 aromatic rings. The minimum absolute atomic E-state index is 0.169. The van der Waals surface area contributed by atoms with Gasteiger partial charge in [0.2, 0.25) is 5.91 Å². The summed E-state index contributed by atoms with van der Waals surface area (Å²) in [5.41, 5.74) is 2.79. The van der Waals surface area contributed by atoms with Crippen LogP contribution in [0.4, 0.5) is 11.4 Å². The highest BCUT2D eigenvalue weighted by Gasteiger charge is 2.13. The van der Waals surface area contributed by atoms with Gasteiger partial charge in [0.15, 0.2) is 0 Å². The van der Waals surface area contributed by atoms with E-state index in [1.54, 1.807) is 30.3 Å². The molecule has 2 amide bonds. The number of carbonyl (C=O) groups excluding carboxylic acids is 2. The minimum Gasteiger partial charge on any atom is -0.495 e. The zero-order valence-electron chi connectivity index (χ0n) is 17.9. The van der Waals surface area contributed by atoms with Gasteiger partial charge in [-0.3, -0.25) is 9.59 Å². The monoisotopic (exact) mass is 470 g/mol. The quantitative estimate of drug-likeness (QED) is 0.416. The molecule has 3 aromatic carbocycles. The summed E-state index contributed by atoms with van der Waals surface area (Å²) in [4.78, 5) is 25.7. The Morgan fingerprint density at radius 2 is 1.66 bits per heavy atom. The standard InChI is InChI=1S/C24H23ClN2O4S/c1-15-7-9-16(10-8-15)24(29)26-17-5-4-6-18(11-17)32-14-23(28)27-20-12-19(25)21(30-2)13-22(20)31-3/h4-13H,14H2,1-3H3,(H,26,29)(H,27,28). The smallest absolute Gasteiger partial charge is 0.255 e. The first-order valence-corrected chi connectivity index (χ1v) is 11.1. The molecule has 0 unspecified atom stereocenters. The van der Waals surface area contributed by atoms with E-state index in [1.165, 1.54) is 26.0 Å². The van der Waals surface area contributed by atoms with Crippen LogP contribution in [0.15, 0.2) is 65.6 Å². The third-order valence-electron chi connectivity index (χ3n) is 4.52. The van der Waals surface area contributed by atoms with E-state index in [1.807, 2.05) is 37.3 Å². The molecule has 0 aliphatic carbocycles. The van der Waals surface area contributed by atoms with Gasteiger partial charge in [0.05, 0.1) is 30.7 Å². The number of rotatable bonds is 8. The number of benzene rings is 3. The second-order valence-corrected chi connectivity index (χ2v) is 8.33. The zero-order chi connectivity index (χ0) is 23.1. The molecule has 0 aliphatic rings.